The van der Waals surface area contributed by atoms with Gasteiger partial charge >= 0.3 is 0 Å². The first kappa shape index (κ1) is 13.5. The van der Waals surface area contributed by atoms with Crippen LogP contribution in [0.15, 0.2) is 18.2 Å². The second-order valence-corrected chi connectivity index (χ2v) is 5.27. The second kappa shape index (κ2) is 5.49. The topological polar surface area (TPSA) is 45.5 Å². The first-order valence-corrected chi connectivity index (χ1v) is 6.90. The van der Waals surface area contributed by atoms with E-state index in [0.717, 1.165) is 25.9 Å². The van der Waals surface area contributed by atoms with E-state index >= 15 is 0 Å². The molecule has 2 aliphatic heterocycles. The van der Waals surface area contributed by atoms with Crippen molar-refractivity contribution in [2.45, 2.75) is 25.2 Å². The molecule has 2 saturated heterocycles. The minimum absolute atomic E-state index is 0.110. The highest BCUT2D eigenvalue weighted by atomic mass is 19.1. The summed E-state index contributed by atoms with van der Waals surface area (Å²) in [6, 6.07) is 6.85. The predicted octanol–water partition coefficient (Wildman–Crippen LogP) is 2.04. The minimum Gasteiger partial charge on any atom is -0.347 e. The molecule has 1 spiro atoms. The van der Waals surface area contributed by atoms with Crippen LogP contribution in [0, 0.1) is 17.1 Å². The fraction of sp³-hybridized carbons (Fsp3) is 0.533. The molecule has 0 bridgehead atoms. The van der Waals surface area contributed by atoms with Crippen LogP contribution in [-0.2, 0) is 16.0 Å². The molecule has 0 N–H and O–H groups in total. The Morgan fingerprint density at radius 3 is 2.60 bits per heavy atom. The normalized spacial score (nSPS) is 22.0. The molecule has 0 aliphatic carbocycles. The third-order valence-corrected chi connectivity index (χ3v) is 4.02. The van der Waals surface area contributed by atoms with E-state index in [-0.39, 0.29) is 5.56 Å². The van der Waals surface area contributed by atoms with Crippen molar-refractivity contribution in [1.29, 1.82) is 5.26 Å². The Kier molecular flexibility index (Phi) is 3.70. The van der Waals surface area contributed by atoms with Crippen LogP contribution in [0.5, 0.6) is 0 Å². The Balaban J connectivity index is 1.64. The van der Waals surface area contributed by atoms with Gasteiger partial charge < -0.3 is 9.47 Å². The van der Waals surface area contributed by atoms with E-state index in [4.69, 9.17) is 14.7 Å². The van der Waals surface area contributed by atoms with Gasteiger partial charge in [0.25, 0.3) is 0 Å². The molecule has 20 heavy (non-hydrogen) atoms. The summed E-state index contributed by atoms with van der Waals surface area (Å²) in [7, 11) is 0. The smallest absolute Gasteiger partial charge is 0.170 e. The first-order chi connectivity index (χ1) is 9.72. The Hall–Kier alpha value is -1.48. The van der Waals surface area contributed by atoms with Gasteiger partial charge in [-0.25, -0.2) is 4.39 Å². The second-order valence-electron chi connectivity index (χ2n) is 5.27. The van der Waals surface area contributed by atoms with Gasteiger partial charge in [0.15, 0.2) is 5.79 Å². The van der Waals surface area contributed by atoms with Crippen LogP contribution in [-0.4, -0.2) is 37.0 Å². The lowest BCUT2D eigenvalue weighted by Gasteiger charge is -2.37. The molecule has 2 fully saturated rings. The number of rotatable bonds is 2. The van der Waals surface area contributed by atoms with Crippen LogP contribution >= 0.6 is 0 Å². The number of piperidine rings is 1. The molecule has 0 saturated carbocycles. The van der Waals surface area contributed by atoms with E-state index in [1.807, 2.05) is 6.07 Å². The van der Waals surface area contributed by atoms with Crippen LogP contribution in [0.2, 0.25) is 0 Å². The number of likely N-dealkylation sites (tertiary alicyclic amines) is 1. The van der Waals surface area contributed by atoms with Gasteiger partial charge in [-0.15, -0.1) is 0 Å². The van der Waals surface area contributed by atoms with Crippen molar-refractivity contribution in [1.82, 2.24) is 4.90 Å². The molecule has 0 atom stereocenters. The van der Waals surface area contributed by atoms with Crippen LogP contribution in [0.3, 0.4) is 0 Å². The summed E-state index contributed by atoms with van der Waals surface area (Å²) in [5, 5.41) is 8.85. The number of hydrogen-bond donors (Lipinski definition) is 0. The van der Waals surface area contributed by atoms with Crippen LogP contribution < -0.4 is 0 Å². The minimum atomic E-state index is -0.399. The lowest BCUT2D eigenvalue weighted by atomic mass is 10.0. The zero-order valence-corrected chi connectivity index (χ0v) is 11.3. The Bertz CT molecular complexity index is 525. The van der Waals surface area contributed by atoms with E-state index in [1.54, 1.807) is 12.1 Å². The fourth-order valence-electron chi connectivity index (χ4n) is 2.87. The van der Waals surface area contributed by atoms with Gasteiger partial charge in [0, 0.05) is 38.0 Å². The van der Waals surface area contributed by atoms with Crippen molar-refractivity contribution in [3.63, 3.8) is 0 Å². The predicted molar refractivity (Wildman–Crippen MR) is 70.3 cm³/mol. The lowest BCUT2D eigenvalue weighted by Crippen LogP contribution is -2.44. The van der Waals surface area contributed by atoms with E-state index in [1.165, 1.54) is 6.07 Å². The van der Waals surface area contributed by atoms with Crippen molar-refractivity contribution in [3.05, 3.63) is 35.1 Å². The van der Waals surface area contributed by atoms with Gasteiger partial charge in [0.05, 0.1) is 18.8 Å². The Morgan fingerprint density at radius 1 is 1.25 bits per heavy atom. The maximum atomic E-state index is 14.0. The Morgan fingerprint density at radius 2 is 1.95 bits per heavy atom. The third kappa shape index (κ3) is 2.55. The molecule has 1 aromatic carbocycles. The van der Waals surface area contributed by atoms with Crippen LogP contribution in [0.25, 0.3) is 0 Å². The summed E-state index contributed by atoms with van der Waals surface area (Å²) >= 11 is 0. The van der Waals surface area contributed by atoms with Gasteiger partial charge in [0.1, 0.15) is 11.9 Å². The van der Waals surface area contributed by atoms with Crippen molar-refractivity contribution in [2.24, 2.45) is 0 Å². The molecule has 3 rings (SSSR count). The fourth-order valence-corrected chi connectivity index (χ4v) is 2.87. The number of hydrogen-bond acceptors (Lipinski definition) is 4. The SMILES string of the molecule is N#Cc1cccc(CN2CCC3(CC2)OCCO3)c1F. The molecular weight excluding hydrogens is 259 g/mol. The van der Waals surface area contributed by atoms with Crippen molar-refractivity contribution < 1.29 is 13.9 Å². The molecular formula is C15H17FN2O2. The number of benzene rings is 1. The summed E-state index contributed by atoms with van der Waals surface area (Å²) in [6.45, 7) is 3.49. The molecule has 5 heteroatoms. The zero-order valence-electron chi connectivity index (χ0n) is 11.3. The number of nitrogens with zero attached hydrogens (tertiary/aromatic N) is 2. The van der Waals surface area contributed by atoms with Crippen LogP contribution in [0.4, 0.5) is 4.39 Å². The molecule has 0 radical (unpaired) electrons. The number of nitriles is 1. The lowest BCUT2D eigenvalue weighted by molar-refractivity contribution is -0.185. The molecule has 0 aromatic heterocycles. The number of halogens is 1. The molecule has 106 valence electrons. The average molecular weight is 276 g/mol. The molecule has 0 unspecified atom stereocenters. The van der Waals surface area contributed by atoms with E-state index < -0.39 is 11.6 Å². The molecule has 0 amide bonds. The first-order valence-electron chi connectivity index (χ1n) is 6.90. The standard InChI is InChI=1S/C15H17FN2O2/c16-14-12(10-17)2-1-3-13(14)11-18-6-4-15(5-7-18)19-8-9-20-15/h1-3H,4-9,11H2. The largest absolute Gasteiger partial charge is 0.347 e. The highest BCUT2D eigenvalue weighted by Gasteiger charge is 2.39. The van der Waals surface area contributed by atoms with Crippen LogP contribution in [0.1, 0.15) is 24.0 Å². The highest BCUT2D eigenvalue weighted by molar-refractivity contribution is 5.34. The molecule has 4 nitrogen and oxygen atoms in total. The molecule has 1 aromatic rings. The third-order valence-electron chi connectivity index (χ3n) is 4.02. The van der Waals surface area contributed by atoms with Crippen molar-refractivity contribution >= 4 is 0 Å². The van der Waals surface area contributed by atoms with Gasteiger partial charge in [-0.2, -0.15) is 5.26 Å². The highest BCUT2D eigenvalue weighted by Crippen LogP contribution is 2.31. The van der Waals surface area contributed by atoms with Gasteiger partial charge in [-0.3, -0.25) is 4.90 Å². The molecule has 2 aliphatic rings. The monoisotopic (exact) mass is 276 g/mol. The van der Waals surface area contributed by atoms with Gasteiger partial charge in [-0.05, 0) is 6.07 Å². The summed E-state index contributed by atoms with van der Waals surface area (Å²) < 4.78 is 25.4. The van der Waals surface area contributed by atoms with E-state index in [9.17, 15) is 4.39 Å². The molecule has 2 heterocycles. The van der Waals surface area contributed by atoms with E-state index in [0.29, 0.717) is 25.3 Å². The maximum absolute atomic E-state index is 14.0. The average Bonchev–Trinajstić information content (AvgIpc) is 2.92. The number of ether oxygens (including phenoxy) is 2. The zero-order chi connectivity index (χ0) is 14.0. The maximum Gasteiger partial charge on any atom is 0.170 e. The van der Waals surface area contributed by atoms with Gasteiger partial charge in [-0.1, -0.05) is 12.1 Å². The summed E-state index contributed by atoms with van der Waals surface area (Å²) in [6.07, 6.45) is 1.62. The quantitative estimate of drug-likeness (QED) is 0.829. The summed E-state index contributed by atoms with van der Waals surface area (Å²) in [4.78, 5) is 2.18. The van der Waals surface area contributed by atoms with Crippen molar-refractivity contribution in [3.8, 4) is 6.07 Å². The Labute approximate surface area is 117 Å². The van der Waals surface area contributed by atoms with Gasteiger partial charge in [0.2, 0.25) is 0 Å². The van der Waals surface area contributed by atoms with Crippen molar-refractivity contribution in [2.75, 3.05) is 26.3 Å². The summed E-state index contributed by atoms with van der Waals surface area (Å²) in [5.74, 6) is -0.799. The summed E-state index contributed by atoms with van der Waals surface area (Å²) in [5.41, 5.74) is 0.687. The van der Waals surface area contributed by atoms with E-state index in [2.05, 4.69) is 4.90 Å².